The molecule has 0 aliphatic heterocycles. The third kappa shape index (κ3) is 4.27. The van der Waals surface area contributed by atoms with Crippen LogP contribution in [0.25, 0.3) is 21.8 Å². The average Bonchev–Trinajstić information content (AvgIpc) is 3.24. The molecule has 0 fully saturated rings. The van der Waals surface area contributed by atoms with E-state index in [2.05, 4.69) is 15.4 Å². The first-order chi connectivity index (χ1) is 16.5. The lowest BCUT2D eigenvalue weighted by molar-refractivity contribution is 0.0952. The average molecular weight is 492 g/mol. The SMILES string of the molecule is O=C(NCCn1ncc2c(=O)n(Cc3cccc4ccccc34)cnc21)c1ccc(Cl)cc1Cl. The highest BCUT2D eigenvalue weighted by molar-refractivity contribution is 6.36. The predicted molar refractivity (Wildman–Crippen MR) is 134 cm³/mol. The van der Waals surface area contributed by atoms with E-state index in [1.165, 1.54) is 18.6 Å². The number of aromatic nitrogens is 4. The van der Waals surface area contributed by atoms with E-state index in [1.54, 1.807) is 21.4 Å². The van der Waals surface area contributed by atoms with Crippen molar-refractivity contribution in [3.05, 3.63) is 105 Å². The minimum Gasteiger partial charge on any atom is -0.350 e. The van der Waals surface area contributed by atoms with Gasteiger partial charge in [-0.1, -0.05) is 65.7 Å². The molecule has 0 saturated carbocycles. The molecule has 0 aliphatic carbocycles. The molecule has 170 valence electrons. The zero-order chi connectivity index (χ0) is 23.7. The van der Waals surface area contributed by atoms with Crippen molar-refractivity contribution in [2.45, 2.75) is 13.1 Å². The molecular weight excluding hydrogens is 473 g/mol. The Morgan fingerprint density at radius 3 is 2.68 bits per heavy atom. The van der Waals surface area contributed by atoms with Gasteiger partial charge in [0.1, 0.15) is 11.7 Å². The minimum atomic E-state index is -0.316. The Morgan fingerprint density at radius 2 is 1.82 bits per heavy atom. The summed E-state index contributed by atoms with van der Waals surface area (Å²) in [5, 5.41) is 10.5. The molecule has 1 amide bonds. The Balaban J connectivity index is 1.32. The van der Waals surface area contributed by atoms with E-state index in [4.69, 9.17) is 23.2 Å². The van der Waals surface area contributed by atoms with Crippen molar-refractivity contribution in [1.82, 2.24) is 24.6 Å². The quantitative estimate of drug-likeness (QED) is 0.378. The summed E-state index contributed by atoms with van der Waals surface area (Å²) in [6.45, 7) is 1.04. The normalized spacial score (nSPS) is 11.2. The van der Waals surface area contributed by atoms with Crippen molar-refractivity contribution in [1.29, 1.82) is 0 Å². The van der Waals surface area contributed by atoms with E-state index in [-0.39, 0.29) is 23.0 Å². The predicted octanol–water partition coefficient (Wildman–Crippen LogP) is 4.53. The zero-order valence-corrected chi connectivity index (χ0v) is 19.4. The molecule has 0 radical (unpaired) electrons. The standard InChI is InChI=1S/C25H19Cl2N5O2/c26-18-8-9-20(22(27)12-18)24(33)28-10-11-32-23-21(13-30-32)25(34)31(15-29-23)14-17-6-3-5-16-4-1-2-7-19(16)17/h1-9,12-13,15H,10-11,14H2,(H,28,33). The zero-order valence-electron chi connectivity index (χ0n) is 17.9. The molecule has 0 unspecified atom stereocenters. The summed E-state index contributed by atoms with van der Waals surface area (Å²) in [6.07, 6.45) is 3.05. The number of benzene rings is 3. The van der Waals surface area contributed by atoms with Crippen LogP contribution in [0.4, 0.5) is 0 Å². The molecule has 2 heterocycles. The van der Waals surface area contributed by atoms with Crippen LogP contribution < -0.4 is 10.9 Å². The molecule has 0 bridgehead atoms. The highest BCUT2D eigenvalue weighted by Crippen LogP contribution is 2.21. The van der Waals surface area contributed by atoms with E-state index in [0.717, 1.165) is 16.3 Å². The Hall–Kier alpha value is -3.68. The highest BCUT2D eigenvalue weighted by atomic mass is 35.5. The number of rotatable bonds is 6. The number of fused-ring (bicyclic) bond motifs is 2. The first-order valence-corrected chi connectivity index (χ1v) is 11.4. The van der Waals surface area contributed by atoms with Gasteiger partial charge in [0.25, 0.3) is 11.5 Å². The molecule has 0 aliphatic rings. The van der Waals surface area contributed by atoms with Crippen LogP contribution in [0.2, 0.25) is 10.0 Å². The van der Waals surface area contributed by atoms with Crippen molar-refractivity contribution < 1.29 is 4.79 Å². The van der Waals surface area contributed by atoms with Gasteiger partial charge in [0.2, 0.25) is 0 Å². The molecule has 9 heteroatoms. The fraction of sp³-hybridized carbons (Fsp3) is 0.120. The molecule has 2 aromatic heterocycles. The van der Waals surface area contributed by atoms with Gasteiger partial charge in [-0.2, -0.15) is 5.10 Å². The first kappa shape index (κ1) is 22.1. The van der Waals surface area contributed by atoms with Crippen LogP contribution in [0.1, 0.15) is 15.9 Å². The molecule has 7 nitrogen and oxygen atoms in total. The second-order valence-electron chi connectivity index (χ2n) is 7.80. The third-order valence-corrected chi connectivity index (χ3v) is 6.18. The smallest absolute Gasteiger partial charge is 0.264 e. The maximum absolute atomic E-state index is 13.1. The summed E-state index contributed by atoms with van der Waals surface area (Å²) >= 11 is 12.0. The third-order valence-electron chi connectivity index (χ3n) is 5.63. The van der Waals surface area contributed by atoms with Gasteiger partial charge >= 0.3 is 0 Å². The largest absolute Gasteiger partial charge is 0.350 e. The fourth-order valence-corrected chi connectivity index (χ4v) is 4.43. The maximum atomic E-state index is 13.1. The topological polar surface area (TPSA) is 81.8 Å². The van der Waals surface area contributed by atoms with Crippen LogP contribution in [-0.4, -0.2) is 31.8 Å². The van der Waals surface area contributed by atoms with Gasteiger partial charge in [0.15, 0.2) is 5.65 Å². The lowest BCUT2D eigenvalue weighted by Gasteiger charge is -2.10. The Labute approximate surface area is 204 Å². The van der Waals surface area contributed by atoms with E-state index < -0.39 is 0 Å². The van der Waals surface area contributed by atoms with Crippen LogP contribution >= 0.6 is 23.2 Å². The number of nitrogens with zero attached hydrogens (tertiary/aromatic N) is 4. The van der Waals surface area contributed by atoms with Gasteiger partial charge in [-0.25, -0.2) is 9.67 Å². The molecule has 0 spiro atoms. The van der Waals surface area contributed by atoms with Crippen LogP contribution in [0.15, 0.2) is 78.0 Å². The Morgan fingerprint density at radius 1 is 1.00 bits per heavy atom. The summed E-state index contributed by atoms with van der Waals surface area (Å²) in [4.78, 5) is 30.0. The molecule has 5 aromatic rings. The Bertz CT molecular complexity index is 1590. The van der Waals surface area contributed by atoms with Gasteiger partial charge < -0.3 is 5.32 Å². The van der Waals surface area contributed by atoms with Crippen molar-refractivity contribution in [3.63, 3.8) is 0 Å². The van der Waals surface area contributed by atoms with Crippen LogP contribution in [0, 0.1) is 0 Å². The first-order valence-electron chi connectivity index (χ1n) is 10.6. The number of hydrogen-bond donors (Lipinski definition) is 1. The monoisotopic (exact) mass is 491 g/mol. The van der Waals surface area contributed by atoms with E-state index in [9.17, 15) is 9.59 Å². The summed E-state index contributed by atoms with van der Waals surface area (Å²) in [7, 11) is 0. The van der Waals surface area contributed by atoms with Gasteiger partial charge in [-0.15, -0.1) is 0 Å². The fourth-order valence-electron chi connectivity index (χ4n) is 3.93. The van der Waals surface area contributed by atoms with E-state index in [1.807, 2.05) is 42.5 Å². The number of carbonyl (C=O) groups is 1. The summed E-state index contributed by atoms with van der Waals surface area (Å²) in [5.41, 5.74) is 1.68. The maximum Gasteiger partial charge on any atom is 0.264 e. The Kier molecular flexibility index (Phi) is 6.04. The molecule has 0 atom stereocenters. The second-order valence-corrected chi connectivity index (χ2v) is 8.64. The van der Waals surface area contributed by atoms with E-state index >= 15 is 0 Å². The number of amides is 1. The van der Waals surface area contributed by atoms with Crippen molar-refractivity contribution in [2.75, 3.05) is 6.54 Å². The van der Waals surface area contributed by atoms with Crippen LogP contribution in [0.3, 0.4) is 0 Å². The number of carbonyl (C=O) groups excluding carboxylic acids is 1. The minimum absolute atomic E-state index is 0.166. The number of halogens is 2. The molecule has 3 aromatic carbocycles. The van der Waals surface area contributed by atoms with Gasteiger partial charge in [0, 0.05) is 11.6 Å². The van der Waals surface area contributed by atoms with Crippen molar-refractivity contribution in [3.8, 4) is 0 Å². The van der Waals surface area contributed by atoms with Crippen LogP contribution in [0.5, 0.6) is 0 Å². The summed E-state index contributed by atoms with van der Waals surface area (Å²) < 4.78 is 3.18. The molecule has 5 rings (SSSR count). The molecule has 1 N–H and O–H groups in total. The summed E-state index contributed by atoms with van der Waals surface area (Å²) in [6, 6.07) is 18.8. The molecule has 34 heavy (non-hydrogen) atoms. The highest BCUT2D eigenvalue weighted by Gasteiger charge is 2.13. The lowest BCUT2D eigenvalue weighted by atomic mass is 10.0. The summed E-state index contributed by atoms with van der Waals surface area (Å²) in [5.74, 6) is -0.316. The molecule has 0 saturated heterocycles. The number of nitrogens with one attached hydrogen (secondary N) is 1. The van der Waals surface area contributed by atoms with Gasteiger partial charge in [0.05, 0.1) is 29.9 Å². The van der Waals surface area contributed by atoms with Gasteiger partial charge in [-0.3, -0.25) is 14.2 Å². The van der Waals surface area contributed by atoms with Crippen LogP contribution in [-0.2, 0) is 13.1 Å². The van der Waals surface area contributed by atoms with E-state index in [0.29, 0.717) is 34.7 Å². The lowest BCUT2D eigenvalue weighted by Crippen LogP contribution is -2.28. The molecular formula is C25H19Cl2N5O2. The van der Waals surface area contributed by atoms with Crippen molar-refractivity contribution >= 4 is 50.9 Å². The second kappa shape index (κ2) is 9.29. The number of hydrogen-bond acceptors (Lipinski definition) is 4. The van der Waals surface area contributed by atoms with Crippen molar-refractivity contribution in [2.24, 2.45) is 0 Å². The van der Waals surface area contributed by atoms with Gasteiger partial charge in [-0.05, 0) is 34.5 Å².